The molecule has 6 nitrogen and oxygen atoms in total. The van der Waals surface area contributed by atoms with E-state index in [1.807, 2.05) is 0 Å². The summed E-state index contributed by atoms with van der Waals surface area (Å²) in [5.74, 6) is -1.29. The van der Waals surface area contributed by atoms with E-state index in [4.69, 9.17) is 16.7 Å². The standard InChI is InChI=1S/C12H15ClN2O4/c1-7(16)10(11(17)18)15-12(19)14-6-8-2-4-9(13)5-3-8/h2-5,7,10,16H,6H2,1H3,(H,17,18)(H2,14,15,19)/t7-,10+/m1/s1. The topological polar surface area (TPSA) is 98.7 Å². The predicted octanol–water partition coefficient (Wildman–Crippen LogP) is 0.973. The molecule has 0 saturated carbocycles. The van der Waals surface area contributed by atoms with Gasteiger partial charge in [0.1, 0.15) is 0 Å². The molecule has 0 fully saturated rings. The summed E-state index contributed by atoms with van der Waals surface area (Å²) in [6.45, 7) is 1.52. The van der Waals surface area contributed by atoms with Crippen LogP contribution in [-0.4, -0.2) is 34.4 Å². The number of aliphatic carboxylic acids is 1. The van der Waals surface area contributed by atoms with Gasteiger partial charge >= 0.3 is 12.0 Å². The van der Waals surface area contributed by atoms with Gasteiger partial charge in [0.25, 0.3) is 0 Å². The molecular weight excluding hydrogens is 272 g/mol. The number of halogens is 1. The first-order valence-electron chi connectivity index (χ1n) is 5.60. The number of rotatable bonds is 5. The number of hydrogen-bond acceptors (Lipinski definition) is 3. The smallest absolute Gasteiger partial charge is 0.328 e. The Morgan fingerprint density at radius 2 is 1.89 bits per heavy atom. The van der Waals surface area contributed by atoms with Crippen molar-refractivity contribution in [1.29, 1.82) is 0 Å². The molecule has 0 heterocycles. The third kappa shape index (κ3) is 5.15. The minimum absolute atomic E-state index is 0.231. The first kappa shape index (κ1) is 15.3. The van der Waals surface area contributed by atoms with Crippen LogP contribution in [0.3, 0.4) is 0 Å². The van der Waals surface area contributed by atoms with E-state index in [9.17, 15) is 14.7 Å². The number of carboxylic acids is 1. The van der Waals surface area contributed by atoms with Crippen LogP contribution in [0.4, 0.5) is 4.79 Å². The fourth-order valence-corrected chi connectivity index (χ4v) is 1.49. The summed E-state index contributed by atoms with van der Waals surface area (Å²) in [6, 6.07) is 4.85. The fourth-order valence-electron chi connectivity index (χ4n) is 1.37. The number of hydrogen-bond donors (Lipinski definition) is 4. The fraction of sp³-hybridized carbons (Fsp3) is 0.333. The van der Waals surface area contributed by atoms with Crippen LogP contribution in [0.1, 0.15) is 12.5 Å². The second kappa shape index (κ2) is 6.96. The summed E-state index contributed by atoms with van der Waals surface area (Å²) < 4.78 is 0. The van der Waals surface area contributed by atoms with E-state index in [-0.39, 0.29) is 6.54 Å². The van der Waals surface area contributed by atoms with Gasteiger partial charge in [-0.3, -0.25) is 0 Å². The van der Waals surface area contributed by atoms with Crippen LogP contribution in [0, 0.1) is 0 Å². The van der Waals surface area contributed by atoms with Gasteiger partial charge in [-0.25, -0.2) is 9.59 Å². The van der Waals surface area contributed by atoms with Gasteiger partial charge in [-0.2, -0.15) is 0 Å². The number of urea groups is 1. The van der Waals surface area contributed by atoms with Crippen molar-refractivity contribution in [3.63, 3.8) is 0 Å². The Bertz CT molecular complexity index is 448. The molecule has 2 amide bonds. The Morgan fingerprint density at radius 1 is 1.32 bits per heavy atom. The van der Waals surface area contributed by atoms with Crippen molar-refractivity contribution in [2.24, 2.45) is 0 Å². The summed E-state index contributed by atoms with van der Waals surface area (Å²) in [4.78, 5) is 22.3. The van der Waals surface area contributed by atoms with Gasteiger partial charge in [0.2, 0.25) is 0 Å². The quantitative estimate of drug-likeness (QED) is 0.648. The van der Waals surface area contributed by atoms with Gasteiger partial charge < -0.3 is 20.8 Å². The second-order valence-corrected chi connectivity index (χ2v) is 4.45. The maximum atomic E-state index is 11.5. The first-order valence-corrected chi connectivity index (χ1v) is 5.97. The molecule has 2 atom stereocenters. The highest BCUT2D eigenvalue weighted by molar-refractivity contribution is 6.30. The van der Waals surface area contributed by atoms with Gasteiger partial charge in [0.15, 0.2) is 6.04 Å². The molecule has 1 rings (SSSR count). The van der Waals surface area contributed by atoms with Crippen molar-refractivity contribution < 1.29 is 19.8 Å². The van der Waals surface area contributed by atoms with Crippen LogP contribution in [0.2, 0.25) is 5.02 Å². The third-order valence-corrected chi connectivity index (χ3v) is 2.65. The third-order valence-electron chi connectivity index (χ3n) is 2.40. The molecule has 0 radical (unpaired) electrons. The number of carboxylic acid groups (broad SMARTS) is 1. The van der Waals surface area contributed by atoms with Gasteiger partial charge in [-0.1, -0.05) is 23.7 Å². The second-order valence-electron chi connectivity index (χ2n) is 4.01. The number of aliphatic hydroxyl groups excluding tert-OH is 1. The minimum Gasteiger partial charge on any atom is -0.480 e. The summed E-state index contributed by atoms with van der Waals surface area (Å²) in [5, 5.41) is 23.3. The monoisotopic (exact) mass is 286 g/mol. The molecule has 4 N–H and O–H groups in total. The van der Waals surface area contributed by atoms with Crippen molar-refractivity contribution in [2.75, 3.05) is 0 Å². The highest BCUT2D eigenvalue weighted by atomic mass is 35.5. The lowest BCUT2D eigenvalue weighted by molar-refractivity contribution is -0.141. The van der Waals surface area contributed by atoms with E-state index >= 15 is 0 Å². The minimum atomic E-state index is -1.34. The van der Waals surface area contributed by atoms with Gasteiger partial charge in [0.05, 0.1) is 6.10 Å². The molecule has 0 saturated heterocycles. The van der Waals surface area contributed by atoms with E-state index < -0.39 is 24.1 Å². The Balaban J connectivity index is 2.47. The van der Waals surface area contributed by atoms with Gasteiger partial charge in [-0.15, -0.1) is 0 Å². The molecule has 104 valence electrons. The molecule has 0 aromatic heterocycles. The van der Waals surface area contributed by atoms with Crippen LogP contribution in [0.15, 0.2) is 24.3 Å². The number of amides is 2. The van der Waals surface area contributed by atoms with E-state index in [2.05, 4.69) is 10.6 Å². The Hall–Kier alpha value is -1.79. The summed E-state index contributed by atoms with van der Waals surface area (Å²) in [7, 11) is 0. The molecule has 0 aliphatic rings. The predicted molar refractivity (Wildman–Crippen MR) is 69.9 cm³/mol. The molecule has 1 aromatic rings. The Morgan fingerprint density at radius 3 is 2.37 bits per heavy atom. The zero-order chi connectivity index (χ0) is 14.4. The zero-order valence-electron chi connectivity index (χ0n) is 10.3. The number of aliphatic hydroxyl groups is 1. The van der Waals surface area contributed by atoms with Crippen LogP contribution < -0.4 is 10.6 Å². The van der Waals surface area contributed by atoms with Crippen molar-refractivity contribution in [3.8, 4) is 0 Å². The maximum absolute atomic E-state index is 11.5. The molecule has 0 aliphatic carbocycles. The van der Waals surface area contributed by atoms with E-state index in [1.54, 1.807) is 24.3 Å². The lowest BCUT2D eigenvalue weighted by Gasteiger charge is -2.17. The number of benzene rings is 1. The zero-order valence-corrected chi connectivity index (χ0v) is 11.0. The first-order chi connectivity index (χ1) is 8.90. The van der Waals surface area contributed by atoms with Gasteiger partial charge in [-0.05, 0) is 24.6 Å². The molecule has 0 bridgehead atoms. The molecule has 0 unspecified atom stereocenters. The summed E-state index contributed by atoms with van der Waals surface area (Å²) in [6.07, 6.45) is -1.18. The Kier molecular flexibility index (Phi) is 5.59. The molecule has 0 spiro atoms. The largest absolute Gasteiger partial charge is 0.480 e. The van der Waals surface area contributed by atoms with Crippen molar-refractivity contribution in [2.45, 2.75) is 25.6 Å². The molecular formula is C12H15ClN2O4. The lowest BCUT2D eigenvalue weighted by atomic mass is 10.2. The Labute approximate surface area is 115 Å². The van der Waals surface area contributed by atoms with E-state index in [1.165, 1.54) is 6.92 Å². The highest BCUT2D eigenvalue weighted by Crippen LogP contribution is 2.09. The lowest BCUT2D eigenvalue weighted by Crippen LogP contribution is -2.50. The van der Waals surface area contributed by atoms with Crippen LogP contribution in [-0.2, 0) is 11.3 Å². The summed E-state index contributed by atoms with van der Waals surface area (Å²) >= 11 is 5.72. The number of carbonyl (C=O) groups excluding carboxylic acids is 1. The van der Waals surface area contributed by atoms with Crippen LogP contribution in [0.25, 0.3) is 0 Å². The normalized spacial score (nSPS) is 13.4. The highest BCUT2D eigenvalue weighted by Gasteiger charge is 2.24. The molecule has 1 aromatic carbocycles. The maximum Gasteiger partial charge on any atom is 0.328 e. The van der Waals surface area contributed by atoms with Crippen molar-refractivity contribution >= 4 is 23.6 Å². The van der Waals surface area contributed by atoms with E-state index in [0.29, 0.717) is 5.02 Å². The number of nitrogens with one attached hydrogen (secondary N) is 2. The molecule has 7 heteroatoms. The summed E-state index contributed by atoms with van der Waals surface area (Å²) in [5.41, 5.74) is 0.823. The van der Waals surface area contributed by atoms with Crippen LogP contribution >= 0.6 is 11.6 Å². The average Bonchev–Trinajstić information content (AvgIpc) is 2.34. The SMILES string of the molecule is C[C@@H](O)[C@H](NC(=O)NCc1ccc(Cl)cc1)C(=O)O. The number of carbonyl (C=O) groups is 2. The van der Waals surface area contributed by atoms with Crippen LogP contribution in [0.5, 0.6) is 0 Å². The van der Waals surface area contributed by atoms with Crippen molar-refractivity contribution in [3.05, 3.63) is 34.9 Å². The average molecular weight is 287 g/mol. The van der Waals surface area contributed by atoms with E-state index in [0.717, 1.165) is 5.56 Å². The molecule has 19 heavy (non-hydrogen) atoms. The van der Waals surface area contributed by atoms with Gasteiger partial charge in [0, 0.05) is 11.6 Å². The van der Waals surface area contributed by atoms with Crippen molar-refractivity contribution in [1.82, 2.24) is 10.6 Å². The molecule has 0 aliphatic heterocycles.